The van der Waals surface area contributed by atoms with Gasteiger partial charge in [0.2, 0.25) is 0 Å². The van der Waals surface area contributed by atoms with Gasteiger partial charge in [-0.15, -0.1) is 0 Å². The highest BCUT2D eigenvalue weighted by atomic mass is 16.6. The summed E-state index contributed by atoms with van der Waals surface area (Å²) in [6, 6.07) is 6.30. The second kappa shape index (κ2) is 4.44. The average molecular weight is 249 g/mol. The maximum absolute atomic E-state index is 5.79. The van der Waals surface area contributed by atoms with E-state index in [1.807, 2.05) is 6.07 Å². The molecule has 0 aromatic heterocycles. The number of hydrogen-bond donors (Lipinski definition) is 0. The first-order valence-corrected chi connectivity index (χ1v) is 6.39. The zero-order valence-corrected chi connectivity index (χ0v) is 10.9. The maximum Gasteiger partial charge on any atom is 0.199 e. The third-order valence-corrected chi connectivity index (χ3v) is 3.56. The van der Waals surface area contributed by atoms with Crippen LogP contribution in [0.5, 0.6) is 5.75 Å². The number of benzene rings is 1. The standard InChI is InChI=1S/C14H19NO3/c1-11-4-5-13-12(8-11)15(6-3-7-16-2)14(9-17-13)10-18-14/h4-5,8H,3,6-7,9-10H2,1-2H3. The van der Waals surface area contributed by atoms with Crippen LogP contribution < -0.4 is 9.64 Å². The van der Waals surface area contributed by atoms with Crippen LogP contribution in [0.3, 0.4) is 0 Å². The molecule has 3 rings (SSSR count). The minimum atomic E-state index is -0.214. The minimum absolute atomic E-state index is 0.214. The SMILES string of the molecule is COCCCN1c2cc(C)ccc2OCC12CO2. The monoisotopic (exact) mass is 249 g/mol. The third-order valence-electron chi connectivity index (χ3n) is 3.56. The Balaban J connectivity index is 1.86. The van der Waals surface area contributed by atoms with E-state index in [1.54, 1.807) is 7.11 Å². The van der Waals surface area contributed by atoms with E-state index in [9.17, 15) is 0 Å². The molecule has 2 aliphatic heterocycles. The molecule has 1 atom stereocenters. The van der Waals surface area contributed by atoms with Gasteiger partial charge in [0.25, 0.3) is 0 Å². The maximum atomic E-state index is 5.79. The van der Waals surface area contributed by atoms with Crippen LogP contribution in [0.15, 0.2) is 18.2 Å². The van der Waals surface area contributed by atoms with Crippen molar-refractivity contribution in [2.45, 2.75) is 19.1 Å². The lowest BCUT2D eigenvalue weighted by atomic mass is 10.1. The number of methoxy groups -OCH3 is 1. The minimum Gasteiger partial charge on any atom is -0.486 e. The number of rotatable bonds is 4. The lowest BCUT2D eigenvalue weighted by Gasteiger charge is -2.37. The van der Waals surface area contributed by atoms with Crippen molar-refractivity contribution in [3.8, 4) is 5.75 Å². The van der Waals surface area contributed by atoms with Gasteiger partial charge in [0, 0.05) is 20.3 Å². The van der Waals surface area contributed by atoms with Crippen LogP contribution >= 0.6 is 0 Å². The zero-order valence-electron chi connectivity index (χ0n) is 10.9. The molecular weight excluding hydrogens is 230 g/mol. The smallest absolute Gasteiger partial charge is 0.199 e. The van der Waals surface area contributed by atoms with Crippen molar-refractivity contribution < 1.29 is 14.2 Å². The molecular formula is C14H19NO3. The largest absolute Gasteiger partial charge is 0.486 e. The Labute approximate surface area is 107 Å². The van der Waals surface area contributed by atoms with E-state index in [0.717, 1.165) is 37.6 Å². The molecule has 0 N–H and O–H groups in total. The fourth-order valence-corrected chi connectivity index (χ4v) is 2.46. The summed E-state index contributed by atoms with van der Waals surface area (Å²) in [5, 5.41) is 0. The van der Waals surface area contributed by atoms with Gasteiger partial charge in [-0.25, -0.2) is 0 Å². The van der Waals surface area contributed by atoms with Crippen LogP contribution in [0, 0.1) is 6.92 Å². The molecule has 0 bridgehead atoms. The summed E-state index contributed by atoms with van der Waals surface area (Å²) in [6.07, 6.45) is 0.995. The van der Waals surface area contributed by atoms with E-state index < -0.39 is 0 Å². The average Bonchev–Trinajstić information content (AvgIpc) is 3.13. The fraction of sp³-hybridized carbons (Fsp3) is 0.571. The van der Waals surface area contributed by atoms with E-state index in [2.05, 4.69) is 24.0 Å². The van der Waals surface area contributed by atoms with Crippen molar-refractivity contribution in [1.82, 2.24) is 0 Å². The first kappa shape index (κ1) is 11.8. The Hall–Kier alpha value is -1.26. The summed E-state index contributed by atoms with van der Waals surface area (Å²) < 4.78 is 16.6. The second-order valence-electron chi connectivity index (χ2n) is 4.99. The van der Waals surface area contributed by atoms with Gasteiger partial charge < -0.3 is 19.1 Å². The quantitative estimate of drug-likeness (QED) is 0.603. The highest BCUT2D eigenvalue weighted by molar-refractivity contribution is 5.63. The van der Waals surface area contributed by atoms with Crippen molar-refractivity contribution in [3.05, 3.63) is 23.8 Å². The first-order valence-electron chi connectivity index (χ1n) is 6.39. The van der Waals surface area contributed by atoms with E-state index in [1.165, 1.54) is 5.56 Å². The van der Waals surface area contributed by atoms with Crippen LogP contribution in [0.2, 0.25) is 0 Å². The Morgan fingerprint density at radius 1 is 1.39 bits per heavy atom. The molecule has 0 radical (unpaired) electrons. The number of ether oxygens (including phenoxy) is 3. The van der Waals surface area contributed by atoms with Crippen LogP contribution in [-0.2, 0) is 9.47 Å². The van der Waals surface area contributed by atoms with Gasteiger partial charge in [-0.2, -0.15) is 0 Å². The Bertz CT molecular complexity index is 443. The third kappa shape index (κ3) is 1.95. The van der Waals surface area contributed by atoms with Gasteiger partial charge in [-0.1, -0.05) is 6.07 Å². The van der Waals surface area contributed by atoms with Crippen LogP contribution in [-0.4, -0.2) is 39.2 Å². The molecule has 2 heterocycles. The summed E-state index contributed by atoms with van der Waals surface area (Å²) in [5.74, 6) is 0.958. The fourth-order valence-electron chi connectivity index (χ4n) is 2.46. The van der Waals surface area contributed by atoms with E-state index >= 15 is 0 Å². The molecule has 18 heavy (non-hydrogen) atoms. The number of hydrogen-bond acceptors (Lipinski definition) is 4. The van der Waals surface area contributed by atoms with E-state index in [-0.39, 0.29) is 5.72 Å². The highest BCUT2D eigenvalue weighted by Gasteiger charge is 2.54. The molecule has 1 spiro atoms. The predicted molar refractivity (Wildman–Crippen MR) is 69.2 cm³/mol. The molecule has 4 heteroatoms. The highest BCUT2D eigenvalue weighted by Crippen LogP contribution is 2.44. The molecule has 0 saturated carbocycles. The van der Waals surface area contributed by atoms with Crippen molar-refractivity contribution >= 4 is 5.69 Å². The lowest BCUT2D eigenvalue weighted by Crippen LogP contribution is -2.47. The lowest BCUT2D eigenvalue weighted by molar-refractivity contribution is 0.158. The number of nitrogens with zero attached hydrogens (tertiary/aromatic N) is 1. The summed E-state index contributed by atoms with van der Waals surface area (Å²) in [5.41, 5.74) is 2.18. The topological polar surface area (TPSA) is 34.2 Å². The summed E-state index contributed by atoms with van der Waals surface area (Å²) in [4.78, 5) is 2.33. The molecule has 0 aliphatic carbocycles. The van der Waals surface area contributed by atoms with Gasteiger partial charge in [-0.05, 0) is 31.0 Å². The molecule has 1 unspecified atom stereocenters. The zero-order chi connectivity index (χ0) is 12.6. The Morgan fingerprint density at radius 3 is 2.94 bits per heavy atom. The molecule has 1 aromatic carbocycles. The molecule has 1 saturated heterocycles. The van der Waals surface area contributed by atoms with Gasteiger partial charge in [0.1, 0.15) is 19.0 Å². The summed E-state index contributed by atoms with van der Waals surface area (Å²) >= 11 is 0. The molecule has 4 nitrogen and oxygen atoms in total. The van der Waals surface area contributed by atoms with Crippen molar-refractivity contribution in [3.63, 3.8) is 0 Å². The summed E-state index contributed by atoms with van der Waals surface area (Å²) in [7, 11) is 1.74. The van der Waals surface area contributed by atoms with Crippen LogP contribution in [0.1, 0.15) is 12.0 Å². The molecule has 2 aliphatic rings. The van der Waals surface area contributed by atoms with Gasteiger partial charge in [0.15, 0.2) is 5.72 Å². The van der Waals surface area contributed by atoms with Crippen LogP contribution in [0.4, 0.5) is 5.69 Å². The molecule has 98 valence electrons. The van der Waals surface area contributed by atoms with Crippen LogP contribution in [0.25, 0.3) is 0 Å². The number of anilines is 1. The van der Waals surface area contributed by atoms with Gasteiger partial charge >= 0.3 is 0 Å². The van der Waals surface area contributed by atoms with Crippen molar-refractivity contribution in [2.24, 2.45) is 0 Å². The van der Waals surface area contributed by atoms with E-state index in [0.29, 0.717) is 6.61 Å². The second-order valence-corrected chi connectivity index (χ2v) is 4.99. The predicted octanol–water partition coefficient (Wildman–Crippen LogP) is 1.96. The Morgan fingerprint density at radius 2 is 2.22 bits per heavy atom. The number of aryl methyl sites for hydroxylation is 1. The molecule has 1 aromatic rings. The normalized spacial score (nSPS) is 24.9. The number of epoxide rings is 1. The van der Waals surface area contributed by atoms with E-state index in [4.69, 9.17) is 14.2 Å². The van der Waals surface area contributed by atoms with Gasteiger partial charge in [0.05, 0.1) is 5.69 Å². The first-order chi connectivity index (χ1) is 8.75. The molecule has 0 amide bonds. The molecule has 1 fully saturated rings. The van der Waals surface area contributed by atoms with Gasteiger partial charge in [-0.3, -0.25) is 0 Å². The number of fused-ring (bicyclic) bond motifs is 1. The summed E-state index contributed by atoms with van der Waals surface area (Å²) in [6.45, 7) is 5.19. The Kier molecular flexibility index (Phi) is 2.92. The van der Waals surface area contributed by atoms with Crippen molar-refractivity contribution in [1.29, 1.82) is 0 Å². The van der Waals surface area contributed by atoms with Crippen molar-refractivity contribution in [2.75, 3.05) is 38.4 Å².